The fraction of sp³-hybridized carbons (Fsp3) is 0.615. The molecule has 0 saturated heterocycles. The Bertz CT molecular complexity index is 366. The highest BCUT2D eigenvalue weighted by molar-refractivity contribution is 5.92. The summed E-state index contributed by atoms with van der Waals surface area (Å²) < 4.78 is 5.26. The van der Waals surface area contributed by atoms with Gasteiger partial charge in [-0.05, 0) is 38.2 Å². The lowest BCUT2D eigenvalue weighted by atomic mass is 10.2. The normalized spacial score (nSPS) is 15.1. The van der Waals surface area contributed by atoms with Gasteiger partial charge in [0.1, 0.15) is 0 Å². The van der Waals surface area contributed by atoms with Crippen LogP contribution in [0.3, 0.4) is 0 Å². The Labute approximate surface area is 96.4 Å². The second-order valence-corrected chi connectivity index (χ2v) is 4.63. The van der Waals surface area contributed by atoms with Gasteiger partial charge < -0.3 is 9.32 Å². The average Bonchev–Trinajstić information content (AvgIpc) is 2.98. The SMILES string of the molecule is CCCN(CC1CC1)C(=O)c1occc1C. The third kappa shape index (κ3) is 2.46. The first-order valence-electron chi connectivity index (χ1n) is 6.05. The monoisotopic (exact) mass is 221 g/mol. The van der Waals surface area contributed by atoms with Crippen LogP contribution >= 0.6 is 0 Å². The van der Waals surface area contributed by atoms with E-state index < -0.39 is 0 Å². The molecule has 1 aliphatic rings. The molecule has 1 amide bonds. The van der Waals surface area contributed by atoms with Crippen molar-refractivity contribution in [1.29, 1.82) is 0 Å². The number of amides is 1. The molecule has 0 atom stereocenters. The molecule has 1 aliphatic carbocycles. The lowest BCUT2D eigenvalue weighted by molar-refractivity contribution is 0.0714. The smallest absolute Gasteiger partial charge is 0.289 e. The first kappa shape index (κ1) is 11.2. The van der Waals surface area contributed by atoms with Crippen molar-refractivity contribution in [3.63, 3.8) is 0 Å². The molecule has 1 aromatic rings. The van der Waals surface area contributed by atoms with E-state index in [0.717, 1.165) is 31.0 Å². The van der Waals surface area contributed by atoms with Gasteiger partial charge in [-0.15, -0.1) is 0 Å². The Hall–Kier alpha value is -1.25. The van der Waals surface area contributed by atoms with Crippen LogP contribution in [-0.2, 0) is 0 Å². The molecule has 1 heterocycles. The van der Waals surface area contributed by atoms with E-state index in [4.69, 9.17) is 4.42 Å². The summed E-state index contributed by atoms with van der Waals surface area (Å²) in [7, 11) is 0. The molecule has 0 bridgehead atoms. The Morgan fingerprint density at radius 1 is 1.56 bits per heavy atom. The van der Waals surface area contributed by atoms with Crippen molar-refractivity contribution in [2.24, 2.45) is 5.92 Å². The number of carbonyl (C=O) groups is 1. The summed E-state index contributed by atoms with van der Waals surface area (Å²) in [6, 6.07) is 1.84. The van der Waals surface area contributed by atoms with E-state index >= 15 is 0 Å². The Balaban J connectivity index is 2.06. The predicted molar refractivity (Wildman–Crippen MR) is 62.4 cm³/mol. The van der Waals surface area contributed by atoms with Gasteiger partial charge in [0.15, 0.2) is 5.76 Å². The molecule has 0 aromatic carbocycles. The van der Waals surface area contributed by atoms with Gasteiger partial charge in [-0.25, -0.2) is 0 Å². The highest BCUT2D eigenvalue weighted by Crippen LogP contribution is 2.30. The molecular weight excluding hydrogens is 202 g/mol. The second-order valence-electron chi connectivity index (χ2n) is 4.63. The van der Waals surface area contributed by atoms with E-state index in [9.17, 15) is 4.79 Å². The average molecular weight is 221 g/mol. The molecule has 2 rings (SSSR count). The molecule has 1 fully saturated rings. The van der Waals surface area contributed by atoms with E-state index in [1.54, 1.807) is 6.26 Å². The molecule has 0 spiro atoms. The third-order valence-electron chi connectivity index (χ3n) is 3.01. The van der Waals surface area contributed by atoms with Gasteiger partial charge in [0.05, 0.1) is 6.26 Å². The molecule has 0 N–H and O–H groups in total. The molecule has 0 unspecified atom stereocenters. The van der Waals surface area contributed by atoms with Gasteiger partial charge in [0.2, 0.25) is 0 Å². The zero-order valence-corrected chi connectivity index (χ0v) is 10.0. The lowest BCUT2D eigenvalue weighted by Gasteiger charge is -2.21. The number of hydrogen-bond acceptors (Lipinski definition) is 2. The van der Waals surface area contributed by atoms with Crippen LogP contribution in [0.1, 0.15) is 42.3 Å². The van der Waals surface area contributed by atoms with Crippen molar-refractivity contribution in [1.82, 2.24) is 4.90 Å². The van der Waals surface area contributed by atoms with Crippen LogP contribution in [0.4, 0.5) is 0 Å². The lowest BCUT2D eigenvalue weighted by Crippen LogP contribution is -2.33. The third-order valence-corrected chi connectivity index (χ3v) is 3.01. The van der Waals surface area contributed by atoms with Crippen LogP contribution in [-0.4, -0.2) is 23.9 Å². The van der Waals surface area contributed by atoms with Crippen molar-refractivity contribution in [3.05, 3.63) is 23.7 Å². The summed E-state index contributed by atoms with van der Waals surface area (Å²) in [5, 5.41) is 0. The van der Waals surface area contributed by atoms with Gasteiger partial charge in [-0.1, -0.05) is 6.92 Å². The van der Waals surface area contributed by atoms with Gasteiger partial charge in [0, 0.05) is 18.7 Å². The van der Waals surface area contributed by atoms with Gasteiger partial charge in [-0.2, -0.15) is 0 Å². The Morgan fingerprint density at radius 2 is 2.31 bits per heavy atom. The maximum atomic E-state index is 12.2. The molecule has 3 heteroatoms. The maximum Gasteiger partial charge on any atom is 0.289 e. The van der Waals surface area contributed by atoms with Gasteiger partial charge in [0.25, 0.3) is 5.91 Å². The summed E-state index contributed by atoms with van der Waals surface area (Å²) in [5.74, 6) is 1.29. The minimum Gasteiger partial charge on any atom is -0.459 e. The van der Waals surface area contributed by atoms with Crippen LogP contribution in [0.25, 0.3) is 0 Å². The van der Waals surface area contributed by atoms with E-state index in [2.05, 4.69) is 6.92 Å². The summed E-state index contributed by atoms with van der Waals surface area (Å²) in [6.07, 6.45) is 5.12. The largest absolute Gasteiger partial charge is 0.459 e. The van der Waals surface area contributed by atoms with Crippen LogP contribution in [0.2, 0.25) is 0 Å². The number of carbonyl (C=O) groups excluding carboxylic acids is 1. The minimum atomic E-state index is 0.0521. The number of nitrogens with zero attached hydrogens (tertiary/aromatic N) is 1. The molecule has 0 radical (unpaired) electrons. The van der Waals surface area contributed by atoms with Crippen molar-refractivity contribution in [2.75, 3.05) is 13.1 Å². The van der Waals surface area contributed by atoms with Crippen LogP contribution in [0.5, 0.6) is 0 Å². The zero-order valence-electron chi connectivity index (χ0n) is 10.0. The van der Waals surface area contributed by atoms with Crippen molar-refractivity contribution in [2.45, 2.75) is 33.1 Å². The Morgan fingerprint density at radius 3 is 2.81 bits per heavy atom. The fourth-order valence-electron chi connectivity index (χ4n) is 1.89. The van der Waals surface area contributed by atoms with E-state index in [1.807, 2.05) is 17.9 Å². The highest BCUT2D eigenvalue weighted by Gasteiger charge is 2.28. The second kappa shape index (κ2) is 4.73. The molecule has 1 aromatic heterocycles. The predicted octanol–water partition coefficient (Wildman–Crippen LogP) is 2.85. The van der Waals surface area contributed by atoms with Gasteiger partial charge >= 0.3 is 0 Å². The standard InChI is InChI=1S/C13H19NO2/c1-3-7-14(9-11-4-5-11)13(15)12-10(2)6-8-16-12/h6,8,11H,3-5,7,9H2,1-2H3. The molecule has 0 aliphatic heterocycles. The zero-order chi connectivity index (χ0) is 11.5. The highest BCUT2D eigenvalue weighted by atomic mass is 16.3. The van der Waals surface area contributed by atoms with Crippen LogP contribution in [0, 0.1) is 12.8 Å². The van der Waals surface area contributed by atoms with Crippen LogP contribution < -0.4 is 0 Å². The summed E-state index contributed by atoms with van der Waals surface area (Å²) in [5.41, 5.74) is 0.932. The van der Waals surface area contributed by atoms with Crippen molar-refractivity contribution >= 4 is 5.91 Å². The van der Waals surface area contributed by atoms with E-state index in [-0.39, 0.29) is 5.91 Å². The number of rotatable bonds is 5. The molecule has 3 nitrogen and oxygen atoms in total. The first-order chi connectivity index (χ1) is 7.72. The molecule has 88 valence electrons. The quantitative estimate of drug-likeness (QED) is 0.766. The van der Waals surface area contributed by atoms with Gasteiger partial charge in [-0.3, -0.25) is 4.79 Å². The Kier molecular flexibility index (Phi) is 3.32. The minimum absolute atomic E-state index is 0.0521. The summed E-state index contributed by atoms with van der Waals surface area (Å²) in [6.45, 7) is 5.74. The number of aryl methyl sites for hydroxylation is 1. The topological polar surface area (TPSA) is 33.5 Å². The summed E-state index contributed by atoms with van der Waals surface area (Å²) >= 11 is 0. The fourth-order valence-corrected chi connectivity index (χ4v) is 1.89. The van der Waals surface area contributed by atoms with Crippen LogP contribution in [0.15, 0.2) is 16.7 Å². The molecular formula is C13H19NO2. The van der Waals surface area contributed by atoms with Crippen molar-refractivity contribution in [3.8, 4) is 0 Å². The number of furan rings is 1. The number of hydrogen-bond donors (Lipinski definition) is 0. The summed E-state index contributed by atoms with van der Waals surface area (Å²) in [4.78, 5) is 14.1. The van der Waals surface area contributed by atoms with Crippen molar-refractivity contribution < 1.29 is 9.21 Å². The molecule has 16 heavy (non-hydrogen) atoms. The first-order valence-corrected chi connectivity index (χ1v) is 6.05. The molecule has 1 saturated carbocycles. The van der Waals surface area contributed by atoms with E-state index in [1.165, 1.54) is 12.8 Å². The van der Waals surface area contributed by atoms with E-state index in [0.29, 0.717) is 5.76 Å². The maximum absolute atomic E-state index is 12.2.